The van der Waals surface area contributed by atoms with Crippen molar-refractivity contribution in [2.75, 3.05) is 25.2 Å². The maximum Gasteiger partial charge on any atom is 0.148 e. The molecule has 0 saturated heterocycles. The summed E-state index contributed by atoms with van der Waals surface area (Å²) in [6, 6.07) is -0.0718. The molecule has 2 unspecified atom stereocenters. The van der Waals surface area contributed by atoms with Gasteiger partial charge in [-0.1, -0.05) is 13.8 Å². The van der Waals surface area contributed by atoms with E-state index in [1.165, 1.54) is 6.26 Å². The van der Waals surface area contributed by atoms with Gasteiger partial charge >= 0.3 is 0 Å². The molecular formula is C10H23NO3S. The predicted molar refractivity (Wildman–Crippen MR) is 62.7 cm³/mol. The highest BCUT2D eigenvalue weighted by atomic mass is 32.2. The van der Waals surface area contributed by atoms with Crippen LogP contribution in [0.2, 0.25) is 0 Å². The van der Waals surface area contributed by atoms with Gasteiger partial charge < -0.3 is 10.4 Å². The molecule has 0 aromatic rings. The van der Waals surface area contributed by atoms with Crippen molar-refractivity contribution in [3.8, 4) is 0 Å². The zero-order valence-electron chi connectivity index (χ0n) is 10.1. The van der Waals surface area contributed by atoms with Crippen molar-refractivity contribution in [1.29, 1.82) is 0 Å². The van der Waals surface area contributed by atoms with Crippen LogP contribution in [-0.2, 0) is 9.84 Å². The van der Waals surface area contributed by atoms with Crippen LogP contribution in [0, 0.1) is 5.41 Å². The molecule has 0 rings (SSSR count). The molecule has 0 saturated carbocycles. The van der Waals surface area contributed by atoms with Crippen molar-refractivity contribution in [2.24, 2.45) is 5.41 Å². The van der Waals surface area contributed by atoms with Crippen LogP contribution < -0.4 is 5.32 Å². The second-order valence-corrected chi connectivity index (χ2v) is 6.88. The van der Waals surface area contributed by atoms with Gasteiger partial charge in [-0.3, -0.25) is 0 Å². The van der Waals surface area contributed by atoms with Crippen LogP contribution in [0.15, 0.2) is 0 Å². The van der Waals surface area contributed by atoms with E-state index in [1.54, 1.807) is 0 Å². The van der Waals surface area contributed by atoms with Crippen molar-refractivity contribution >= 4 is 9.84 Å². The van der Waals surface area contributed by atoms with Gasteiger partial charge in [0, 0.05) is 30.9 Å². The van der Waals surface area contributed by atoms with E-state index in [1.807, 2.05) is 20.8 Å². The summed E-state index contributed by atoms with van der Waals surface area (Å²) in [5, 5.41) is 12.3. The van der Waals surface area contributed by atoms with Gasteiger partial charge in [0.2, 0.25) is 0 Å². The monoisotopic (exact) mass is 237 g/mol. The van der Waals surface area contributed by atoms with E-state index in [4.69, 9.17) is 0 Å². The van der Waals surface area contributed by atoms with Gasteiger partial charge in [-0.15, -0.1) is 0 Å². The molecule has 0 aromatic heterocycles. The number of rotatable bonds is 7. The molecule has 4 nitrogen and oxygen atoms in total. The van der Waals surface area contributed by atoms with Crippen LogP contribution >= 0.6 is 0 Å². The molecule has 2 N–H and O–H groups in total. The Kier molecular flexibility index (Phi) is 5.77. The first-order valence-corrected chi connectivity index (χ1v) is 7.30. The Morgan fingerprint density at radius 3 is 2.33 bits per heavy atom. The number of aliphatic hydroxyl groups excluding tert-OH is 1. The molecule has 0 aliphatic heterocycles. The van der Waals surface area contributed by atoms with Gasteiger partial charge in [-0.05, 0) is 13.3 Å². The first-order chi connectivity index (χ1) is 6.72. The fraction of sp³-hybridized carbons (Fsp3) is 1.00. The second kappa shape index (κ2) is 5.82. The third kappa shape index (κ3) is 6.87. The average Bonchev–Trinajstić information content (AvgIpc) is 2.12. The smallest absolute Gasteiger partial charge is 0.148 e. The van der Waals surface area contributed by atoms with Crippen molar-refractivity contribution in [2.45, 2.75) is 33.2 Å². The van der Waals surface area contributed by atoms with E-state index in [0.717, 1.165) is 6.42 Å². The summed E-state index contributed by atoms with van der Waals surface area (Å²) in [7, 11) is -2.93. The lowest BCUT2D eigenvalue weighted by molar-refractivity contribution is 0.133. The van der Waals surface area contributed by atoms with Gasteiger partial charge in [0.1, 0.15) is 9.84 Å². The zero-order valence-corrected chi connectivity index (χ0v) is 10.9. The molecule has 0 heterocycles. The van der Waals surface area contributed by atoms with Gasteiger partial charge in [0.05, 0.1) is 5.75 Å². The number of nitrogens with one attached hydrogen (secondary N) is 1. The Hall–Kier alpha value is -0.130. The number of sulfone groups is 1. The molecule has 0 aliphatic carbocycles. The number of hydrogen-bond acceptors (Lipinski definition) is 4. The second-order valence-electron chi connectivity index (χ2n) is 4.70. The molecule has 92 valence electrons. The molecule has 5 heteroatoms. The van der Waals surface area contributed by atoms with Crippen LogP contribution in [0.5, 0.6) is 0 Å². The Morgan fingerprint density at radius 1 is 1.47 bits per heavy atom. The molecule has 15 heavy (non-hydrogen) atoms. The summed E-state index contributed by atoms with van der Waals surface area (Å²) in [5.41, 5.74) is -0.161. The Balaban J connectivity index is 4.05. The van der Waals surface area contributed by atoms with Crippen LogP contribution in [-0.4, -0.2) is 44.7 Å². The minimum atomic E-state index is -2.93. The summed E-state index contributed by atoms with van der Waals surface area (Å²) in [6.45, 7) is 6.58. The Morgan fingerprint density at radius 2 is 2.00 bits per heavy atom. The van der Waals surface area contributed by atoms with Crippen LogP contribution in [0.4, 0.5) is 0 Å². The molecule has 0 aliphatic rings. The largest absolute Gasteiger partial charge is 0.396 e. The van der Waals surface area contributed by atoms with E-state index in [-0.39, 0.29) is 23.8 Å². The van der Waals surface area contributed by atoms with Crippen LogP contribution in [0.3, 0.4) is 0 Å². The topological polar surface area (TPSA) is 66.4 Å². The van der Waals surface area contributed by atoms with Gasteiger partial charge in [0.15, 0.2) is 0 Å². The predicted octanol–water partition coefficient (Wildman–Crippen LogP) is 0.418. The molecule has 0 amide bonds. The highest BCUT2D eigenvalue weighted by Crippen LogP contribution is 2.18. The Bertz CT molecular complexity index is 270. The molecule has 0 spiro atoms. The van der Waals surface area contributed by atoms with Crippen LogP contribution in [0.1, 0.15) is 27.2 Å². The maximum atomic E-state index is 11.0. The van der Waals surface area contributed by atoms with Gasteiger partial charge in [-0.25, -0.2) is 8.42 Å². The first kappa shape index (κ1) is 14.9. The molecule has 0 bridgehead atoms. The average molecular weight is 237 g/mol. The first-order valence-electron chi connectivity index (χ1n) is 5.24. The normalized spacial score (nSPS) is 18.5. The van der Waals surface area contributed by atoms with Gasteiger partial charge in [0.25, 0.3) is 0 Å². The highest BCUT2D eigenvalue weighted by Gasteiger charge is 2.22. The number of hydrogen-bond donors (Lipinski definition) is 2. The third-order valence-corrected chi connectivity index (χ3v) is 3.77. The third-order valence-electron chi connectivity index (χ3n) is 2.67. The zero-order chi connectivity index (χ0) is 12.1. The van der Waals surface area contributed by atoms with Crippen molar-refractivity contribution in [1.82, 2.24) is 5.32 Å². The van der Waals surface area contributed by atoms with Crippen molar-refractivity contribution < 1.29 is 13.5 Å². The minimum Gasteiger partial charge on any atom is -0.396 e. The standard InChI is InChI=1S/C10H23NO3S/c1-5-10(3,8-12)7-11-9(2)6-15(4,13)14/h9,11-12H,5-8H2,1-4H3. The molecular weight excluding hydrogens is 214 g/mol. The van der Waals surface area contributed by atoms with E-state index in [9.17, 15) is 13.5 Å². The van der Waals surface area contributed by atoms with E-state index >= 15 is 0 Å². The number of aliphatic hydroxyl groups is 1. The lowest BCUT2D eigenvalue weighted by Crippen LogP contribution is -2.41. The van der Waals surface area contributed by atoms with Crippen molar-refractivity contribution in [3.63, 3.8) is 0 Å². The summed E-state index contributed by atoms with van der Waals surface area (Å²) in [6.07, 6.45) is 2.10. The maximum absolute atomic E-state index is 11.0. The SMILES string of the molecule is CCC(C)(CO)CNC(C)CS(C)(=O)=O. The summed E-state index contributed by atoms with van der Waals surface area (Å²) in [4.78, 5) is 0. The lowest BCUT2D eigenvalue weighted by atomic mass is 9.88. The van der Waals surface area contributed by atoms with E-state index in [0.29, 0.717) is 6.54 Å². The summed E-state index contributed by atoms with van der Waals surface area (Å²) in [5.74, 6) is 0.137. The molecule has 0 aromatic carbocycles. The van der Waals surface area contributed by atoms with Crippen LogP contribution in [0.25, 0.3) is 0 Å². The molecule has 0 fully saturated rings. The Labute approximate surface area is 93.0 Å². The summed E-state index contributed by atoms with van der Waals surface area (Å²) < 4.78 is 22.0. The quantitative estimate of drug-likeness (QED) is 0.673. The highest BCUT2D eigenvalue weighted by molar-refractivity contribution is 7.90. The summed E-state index contributed by atoms with van der Waals surface area (Å²) >= 11 is 0. The molecule has 2 atom stereocenters. The lowest BCUT2D eigenvalue weighted by Gasteiger charge is -2.27. The van der Waals surface area contributed by atoms with E-state index < -0.39 is 9.84 Å². The fourth-order valence-electron chi connectivity index (χ4n) is 1.23. The fourth-order valence-corrected chi connectivity index (χ4v) is 2.25. The minimum absolute atomic E-state index is 0.0718. The molecule has 0 radical (unpaired) electrons. The van der Waals surface area contributed by atoms with Crippen molar-refractivity contribution in [3.05, 3.63) is 0 Å². The van der Waals surface area contributed by atoms with E-state index in [2.05, 4.69) is 5.32 Å². The van der Waals surface area contributed by atoms with Gasteiger partial charge in [-0.2, -0.15) is 0 Å².